The third kappa shape index (κ3) is 2.15. The highest BCUT2D eigenvalue weighted by molar-refractivity contribution is 5.62. The highest BCUT2D eigenvalue weighted by Crippen LogP contribution is 2.34. The Hall–Kier alpha value is -1.98. The molecular formula is C14H16F2N4. The molecule has 1 aliphatic carbocycles. The standard InChI is InChI=1S/C14H16F2N4/c1-20-14(9-6-12(17)11(16)7-10(9)15)18-13(19-20)8-4-2-3-5-8/h6-8H,2-5,17H2,1H3. The first-order valence-electron chi connectivity index (χ1n) is 6.72. The van der Waals surface area contributed by atoms with Crippen LogP contribution in [0.2, 0.25) is 0 Å². The number of nitrogen functional groups attached to an aromatic ring is 1. The number of benzene rings is 1. The predicted octanol–water partition coefficient (Wildman–Crippen LogP) is 3.00. The first kappa shape index (κ1) is 13.0. The molecule has 1 aromatic heterocycles. The zero-order valence-electron chi connectivity index (χ0n) is 11.2. The molecule has 0 aliphatic heterocycles. The van der Waals surface area contributed by atoms with Crippen LogP contribution in [0, 0.1) is 11.6 Å². The zero-order chi connectivity index (χ0) is 14.3. The minimum Gasteiger partial charge on any atom is -0.396 e. The Morgan fingerprint density at radius 2 is 1.90 bits per heavy atom. The van der Waals surface area contributed by atoms with E-state index in [-0.39, 0.29) is 11.3 Å². The molecule has 1 fully saturated rings. The van der Waals surface area contributed by atoms with Gasteiger partial charge in [-0.05, 0) is 18.9 Å². The van der Waals surface area contributed by atoms with Crippen molar-refractivity contribution >= 4 is 5.69 Å². The van der Waals surface area contributed by atoms with Gasteiger partial charge in [-0.1, -0.05) is 12.8 Å². The van der Waals surface area contributed by atoms with Gasteiger partial charge in [0.25, 0.3) is 0 Å². The summed E-state index contributed by atoms with van der Waals surface area (Å²) in [7, 11) is 1.71. The number of hydrogen-bond donors (Lipinski definition) is 1. The average molecular weight is 278 g/mol. The molecule has 1 saturated carbocycles. The normalized spacial score (nSPS) is 15.9. The number of nitrogens with zero attached hydrogens (tertiary/aromatic N) is 3. The van der Waals surface area contributed by atoms with E-state index >= 15 is 0 Å². The van der Waals surface area contributed by atoms with Gasteiger partial charge in [-0.25, -0.2) is 18.4 Å². The fraction of sp³-hybridized carbons (Fsp3) is 0.429. The lowest BCUT2D eigenvalue weighted by Gasteiger charge is -2.04. The van der Waals surface area contributed by atoms with Gasteiger partial charge in [0, 0.05) is 19.0 Å². The van der Waals surface area contributed by atoms with Crippen LogP contribution in [0.3, 0.4) is 0 Å². The van der Waals surface area contributed by atoms with Crippen LogP contribution in [0.25, 0.3) is 11.4 Å². The highest BCUT2D eigenvalue weighted by Gasteiger charge is 2.23. The molecule has 106 valence electrons. The second-order valence-corrected chi connectivity index (χ2v) is 5.25. The Bertz CT molecular complexity index is 645. The van der Waals surface area contributed by atoms with Crippen molar-refractivity contribution in [2.75, 3.05) is 5.73 Å². The maximum atomic E-state index is 13.9. The lowest BCUT2D eigenvalue weighted by molar-refractivity contribution is 0.586. The number of halogens is 2. The summed E-state index contributed by atoms with van der Waals surface area (Å²) in [4.78, 5) is 4.43. The van der Waals surface area contributed by atoms with E-state index in [0.29, 0.717) is 11.7 Å². The Morgan fingerprint density at radius 3 is 2.60 bits per heavy atom. The number of hydrogen-bond acceptors (Lipinski definition) is 3. The summed E-state index contributed by atoms with van der Waals surface area (Å²) in [6.07, 6.45) is 4.49. The van der Waals surface area contributed by atoms with Crippen LogP contribution >= 0.6 is 0 Å². The molecule has 0 unspecified atom stereocenters. The molecule has 0 atom stereocenters. The average Bonchev–Trinajstić information content (AvgIpc) is 3.03. The van der Waals surface area contributed by atoms with Gasteiger partial charge in [0.05, 0.1) is 11.3 Å². The topological polar surface area (TPSA) is 56.7 Å². The molecule has 2 N–H and O–H groups in total. The minimum atomic E-state index is -0.760. The van der Waals surface area contributed by atoms with Gasteiger partial charge in [0.2, 0.25) is 0 Å². The molecule has 0 spiro atoms. The lowest BCUT2D eigenvalue weighted by atomic mass is 10.1. The molecule has 1 aliphatic rings. The second kappa shape index (κ2) is 4.85. The predicted molar refractivity (Wildman–Crippen MR) is 72.0 cm³/mol. The summed E-state index contributed by atoms with van der Waals surface area (Å²) in [6, 6.07) is 2.06. The quantitative estimate of drug-likeness (QED) is 0.859. The Balaban J connectivity index is 2.04. The molecule has 2 aromatic rings. The zero-order valence-corrected chi connectivity index (χ0v) is 11.2. The van der Waals surface area contributed by atoms with Crippen LogP contribution in [0.1, 0.15) is 37.4 Å². The smallest absolute Gasteiger partial charge is 0.161 e. The van der Waals surface area contributed by atoms with Crippen molar-refractivity contribution in [3.63, 3.8) is 0 Å². The van der Waals surface area contributed by atoms with Gasteiger partial charge in [0.1, 0.15) is 11.6 Å². The summed E-state index contributed by atoms with van der Waals surface area (Å²) >= 11 is 0. The molecule has 0 saturated heterocycles. The molecule has 1 heterocycles. The van der Waals surface area contributed by atoms with Crippen molar-refractivity contribution in [1.82, 2.24) is 14.8 Å². The molecule has 0 amide bonds. The molecule has 0 bridgehead atoms. The van der Waals surface area contributed by atoms with E-state index in [0.717, 1.165) is 24.7 Å². The largest absolute Gasteiger partial charge is 0.396 e. The third-order valence-electron chi connectivity index (χ3n) is 3.83. The maximum Gasteiger partial charge on any atom is 0.161 e. The van der Waals surface area contributed by atoms with E-state index in [1.54, 1.807) is 7.05 Å². The highest BCUT2D eigenvalue weighted by atomic mass is 19.1. The SMILES string of the molecule is Cn1nc(C2CCCC2)nc1-c1cc(N)c(F)cc1F. The van der Waals surface area contributed by atoms with E-state index in [2.05, 4.69) is 10.1 Å². The van der Waals surface area contributed by atoms with Crippen LogP contribution in [0.5, 0.6) is 0 Å². The number of nitrogens with two attached hydrogens (primary N) is 1. The molecule has 0 radical (unpaired) electrons. The van der Waals surface area contributed by atoms with E-state index in [4.69, 9.17) is 5.73 Å². The molecule has 4 nitrogen and oxygen atoms in total. The maximum absolute atomic E-state index is 13.9. The first-order valence-corrected chi connectivity index (χ1v) is 6.72. The monoisotopic (exact) mass is 278 g/mol. The van der Waals surface area contributed by atoms with Crippen LogP contribution in [0.4, 0.5) is 14.5 Å². The van der Waals surface area contributed by atoms with Gasteiger partial charge in [0.15, 0.2) is 11.6 Å². The molecule has 20 heavy (non-hydrogen) atoms. The summed E-state index contributed by atoms with van der Waals surface area (Å²) in [5.41, 5.74) is 5.60. The van der Waals surface area contributed by atoms with Crippen molar-refractivity contribution < 1.29 is 8.78 Å². The van der Waals surface area contributed by atoms with Crippen LogP contribution < -0.4 is 5.73 Å². The van der Waals surface area contributed by atoms with Gasteiger partial charge < -0.3 is 5.73 Å². The third-order valence-corrected chi connectivity index (χ3v) is 3.83. The van der Waals surface area contributed by atoms with E-state index in [1.165, 1.54) is 23.6 Å². The molecule has 6 heteroatoms. The Kier molecular flexibility index (Phi) is 3.16. The van der Waals surface area contributed by atoms with Crippen molar-refractivity contribution in [2.45, 2.75) is 31.6 Å². The molecule has 1 aromatic carbocycles. The fourth-order valence-corrected chi connectivity index (χ4v) is 2.73. The number of anilines is 1. The fourth-order valence-electron chi connectivity index (χ4n) is 2.73. The van der Waals surface area contributed by atoms with Crippen molar-refractivity contribution in [1.29, 1.82) is 0 Å². The van der Waals surface area contributed by atoms with Crippen LogP contribution in [-0.4, -0.2) is 14.8 Å². The summed E-state index contributed by atoms with van der Waals surface area (Å²) < 4.78 is 28.7. The van der Waals surface area contributed by atoms with Gasteiger partial charge >= 0.3 is 0 Å². The van der Waals surface area contributed by atoms with E-state index in [1.807, 2.05) is 0 Å². The number of aryl methyl sites for hydroxylation is 1. The summed E-state index contributed by atoms with van der Waals surface area (Å²) in [5.74, 6) is 0.0313. The van der Waals surface area contributed by atoms with E-state index < -0.39 is 11.6 Å². The van der Waals surface area contributed by atoms with Crippen LogP contribution in [0.15, 0.2) is 12.1 Å². The van der Waals surface area contributed by atoms with Gasteiger partial charge in [-0.2, -0.15) is 5.10 Å². The van der Waals surface area contributed by atoms with Crippen molar-refractivity contribution in [3.8, 4) is 11.4 Å². The number of aromatic nitrogens is 3. The Morgan fingerprint density at radius 1 is 1.20 bits per heavy atom. The van der Waals surface area contributed by atoms with Gasteiger partial charge in [-0.3, -0.25) is 0 Å². The minimum absolute atomic E-state index is 0.0909. The second-order valence-electron chi connectivity index (χ2n) is 5.25. The van der Waals surface area contributed by atoms with E-state index in [9.17, 15) is 8.78 Å². The Labute approximate surface area is 115 Å². The number of rotatable bonds is 2. The molecular weight excluding hydrogens is 262 g/mol. The van der Waals surface area contributed by atoms with Crippen LogP contribution in [-0.2, 0) is 7.05 Å². The summed E-state index contributed by atoms with van der Waals surface area (Å²) in [6.45, 7) is 0. The van der Waals surface area contributed by atoms with Crippen molar-refractivity contribution in [3.05, 3.63) is 29.6 Å². The van der Waals surface area contributed by atoms with Crippen molar-refractivity contribution in [2.24, 2.45) is 7.05 Å². The first-order chi connectivity index (χ1) is 9.56. The lowest BCUT2D eigenvalue weighted by Crippen LogP contribution is -2.00. The van der Waals surface area contributed by atoms with Gasteiger partial charge in [-0.15, -0.1) is 0 Å². The summed E-state index contributed by atoms with van der Waals surface area (Å²) in [5, 5.41) is 4.37. The molecule has 3 rings (SSSR count).